The Kier molecular flexibility index (Phi) is 9.54. The van der Waals surface area contributed by atoms with E-state index in [0.717, 1.165) is 0 Å². The van der Waals surface area contributed by atoms with E-state index < -0.39 is 79.4 Å². The van der Waals surface area contributed by atoms with Crippen molar-refractivity contribution in [1.82, 2.24) is 0 Å². The molecule has 0 aromatic heterocycles. The molecular weight excluding hydrogens is 418 g/mol. The fourth-order valence-electron chi connectivity index (χ4n) is 3.93. The zero-order chi connectivity index (χ0) is 23.3. The first-order valence-electron chi connectivity index (χ1n) is 10.0. The Balaban J connectivity index is 2.15. The van der Waals surface area contributed by atoms with Crippen molar-refractivity contribution in [3.63, 3.8) is 0 Å². The van der Waals surface area contributed by atoms with Gasteiger partial charge in [-0.3, -0.25) is 4.79 Å². The summed E-state index contributed by atoms with van der Waals surface area (Å²) in [6.07, 6.45) is -11.6. The molecule has 2 rings (SSSR count). The monoisotopic (exact) mass is 449 g/mol. The standard InChI is InChI=1S/C17H31N5O9/c18-2-1-8(24)9(25)4-6-3-7(21-22-20)16(15(29)12(6)26)31-17-11(19)14(28)13(27)10(5-23)30-17/h6-8,10-17,23-24,26-29H,1-5,18-19H2/t6-,7?,8-,10?,11?,12?,13+,14+,15+,16+,17+/m0/s1. The lowest BCUT2D eigenvalue weighted by Crippen LogP contribution is -2.65. The van der Waals surface area contributed by atoms with E-state index in [1.165, 1.54) is 0 Å². The molecule has 0 aromatic rings. The van der Waals surface area contributed by atoms with Crippen molar-refractivity contribution in [1.29, 1.82) is 0 Å². The Bertz CT molecular complexity index is 649. The molecule has 2 aliphatic rings. The number of rotatable bonds is 9. The fraction of sp³-hybridized carbons (Fsp3) is 0.941. The van der Waals surface area contributed by atoms with Gasteiger partial charge in [0.2, 0.25) is 0 Å². The Morgan fingerprint density at radius 2 is 1.90 bits per heavy atom. The molecular formula is C17H31N5O9. The topological polar surface area (TPSA) is 258 Å². The molecule has 0 amide bonds. The van der Waals surface area contributed by atoms with Crippen molar-refractivity contribution >= 4 is 5.78 Å². The smallest absolute Gasteiger partial charge is 0.176 e. The number of nitrogens with two attached hydrogens (primary N) is 2. The molecule has 14 heteroatoms. The molecule has 0 radical (unpaired) electrons. The van der Waals surface area contributed by atoms with Crippen molar-refractivity contribution in [2.24, 2.45) is 22.5 Å². The minimum Gasteiger partial charge on any atom is -0.394 e. The molecule has 0 aromatic carbocycles. The van der Waals surface area contributed by atoms with Crippen molar-refractivity contribution in [2.45, 2.75) is 80.4 Å². The summed E-state index contributed by atoms with van der Waals surface area (Å²) in [7, 11) is 0. The van der Waals surface area contributed by atoms with Gasteiger partial charge in [-0.2, -0.15) is 0 Å². The molecule has 14 nitrogen and oxygen atoms in total. The van der Waals surface area contributed by atoms with Gasteiger partial charge in [-0.1, -0.05) is 5.11 Å². The van der Waals surface area contributed by atoms with Gasteiger partial charge in [-0.15, -0.1) is 0 Å². The van der Waals surface area contributed by atoms with Gasteiger partial charge in [0, 0.05) is 11.3 Å². The number of hydrogen-bond acceptors (Lipinski definition) is 12. The zero-order valence-corrected chi connectivity index (χ0v) is 16.8. The van der Waals surface area contributed by atoms with E-state index in [1.807, 2.05) is 0 Å². The van der Waals surface area contributed by atoms with Gasteiger partial charge in [-0.05, 0) is 30.8 Å². The van der Waals surface area contributed by atoms with Crippen LogP contribution in [-0.2, 0) is 14.3 Å². The maximum atomic E-state index is 12.2. The predicted octanol–water partition coefficient (Wildman–Crippen LogP) is -3.77. The van der Waals surface area contributed by atoms with Gasteiger partial charge in [-0.25, -0.2) is 0 Å². The number of hydrogen-bond donors (Lipinski definition) is 8. The number of azide groups is 1. The van der Waals surface area contributed by atoms with E-state index in [-0.39, 0.29) is 25.8 Å². The maximum Gasteiger partial charge on any atom is 0.176 e. The van der Waals surface area contributed by atoms with Crippen molar-refractivity contribution in [3.8, 4) is 0 Å². The number of nitrogens with zero attached hydrogens (tertiary/aromatic N) is 3. The third kappa shape index (κ3) is 5.88. The molecule has 1 aliphatic heterocycles. The highest BCUT2D eigenvalue weighted by molar-refractivity contribution is 5.83. The molecule has 2 fully saturated rings. The van der Waals surface area contributed by atoms with Crippen molar-refractivity contribution < 1.29 is 44.9 Å². The number of aliphatic hydroxyl groups is 6. The van der Waals surface area contributed by atoms with Crippen LogP contribution < -0.4 is 11.5 Å². The normalized spacial score (nSPS) is 41.9. The van der Waals surface area contributed by atoms with E-state index in [1.54, 1.807) is 0 Å². The average Bonchev–Trinajstić information content (AvgIpc) is 2.74. The summed E-state index contributed by atoms with van der Waals surface area (Å²) in [5, 5.41) is 63.7. The van der Waals surface area contributed by atoms with Gasteiger partial charge in [0.15, 0.2) is 12.1 Å². The van der Waals surface area contributed by atoms with Crippen LogP contribution in [-0.4, -0.2) is 111 Å². The molecule has 31 heavy (non-hydrogen) atoms. The molecule has 0 spiro atoms. The van der Waals surface area contributed by atoms with Crippen LogP contribution in [0.25, 0.3) is 10.4 Å². The van der Waals surface area contributed by atoms with Crippen LogP contribution in [0, 0.1) is 5.92 Å². The van der Waals surface area contributed by atoms with Crippen molar-refractivity contribution in [3.05, 3.63) is 10.4 Å². The average molecular weight is 449 g/mol. The molecule has 10 N–H and O–H groups in total. The van der Waals surface area contributed by atoms with Gasteiger partial charge >= 0.3 is 0 Å². The number of Topliss-reactive ketones (excluding diaryl/α,β-unsaturated/α-hetero) is 1. The second-order valence-electron chi connectivity index (χ2n) is 7.90. The van der Waals surface area contributed by atoms with Crippen LogP contribution in [0.4, 0.5) is 0 Å². The first kappa shape index (κ1) is 25.8. The van der Waals surface area contributed by atoms with Crippen LogP contribution in [0.3, 0.4) is 0 Å². The number of aliphatic hydroxyl groups excluding tert-OH is 6. The van der Waals surface area contributed by atoms with Gasteiger partial charge in [0.25, 0.3) is 0 Å². The number of carbonyl (C=O) groups excluding carboxylic acids is 1. The number of carbonyl (C=O) groups is 1. The van der Waals surface area contributed by atoms with Crippen molar-refractivity contribution in [2.75, 3.05) is 13.2 Å². The van der Waals surface area contributed by atoms with E-state index in [9.17, 15) is 35.4 Å². The van der Waals surface area contributed by atoms with Crippen LogP contribution in [0.1, 0.15) is 19.3 Å². The van der Waals surface area contributed by atoms with E-state index >= 15 is 0 Å². The SMILES string of the molecule is [N-]=[N+]=NC1C[C@@H](CC(=O)[C@@H](O)CCN)C(O)[C@@H](O)[C@@H]1O[C@H]1OC(CO)[C@@H](O)[C@H](O)C1N. The first-order valence-corrected chi connectivity index (χ1v) is 10.0. The second-order valence-corrected chi connectivity index (χ2v) is 7.90. The molecule has 4 unspecified atom stereocenters. The first-order chi connectivity index (χ1) is 14.7. The zero-order valence-electron chi connectivity index (χ0n) is 16.8. The third-order valence-corrected chi connectivity index (χ3v) is 5.79. The van der Waals surface area contributed by atoms with Gasteiger partial charge in [0.05, 0.1) is 30.9 Å². The second kappa shape index (κ2) is 11.4. The third-order valence-electron chi connectivity index (χ3n) is 5.79. The molecule has 1 saturated heterocycles. The summed E-state index contributed by atoms with van der Waals surface area (Å²) in [6.45, 7) is -0.549. The summed E-state index contributed by atoms with van der Waals surface area (Å²) >= 11 is 0. The highest BCUT2D eigenvalue weighted by Gasteiger charge is 2.49. The Hall–Kier alpha value is -1.42. The quantitative estimate of drug-likeness (QED) is 0.0962. The Morgan fingerprint density at radius 1 is 1.23 bits per heavy atom. The lowest BCUT2D eigenvalue weighted by atomic mass is 9.76. The van der Waals surface area contributed by atoms with E-state index in [4.69, 9.17) is 26.5 Å². The molecule has 1 aliphatic carbocycles. The van der Waals surface area contributed by atoms with Crippen LogP contribution in [0.15, 0.2) is 5.11 Å². The molecule has 0 bridgehead atoms. The summed E-state index contributed by atoms with van der Waals surface area (Å²) in [5.41, 5.74) is 20.1. The number of ether oxygens (including phenoxy) is 2. The fourth-order valence-corrected chi connectivity index (χ4v) is 3.93. The minimum atomic E-state index is -1.62. The predicted molar refractivity (Wildman–Crippen MR) is 103 cm³/mol. The van der Waals surface area contributed by atoms with E-state index in [2.05, 4.69) is 10.0 Å². The summed E-state index contributed by atoms with van der Waals surface area (Å²) in [4.78, 5) is 14.9. The molecule has 1 heterocycles. The van der Waals surface area contributed by atoms with Crippen LogP contribution in [0.2, 0.25) is 0 Å². The Labute approximate surface area is 178 Å². The highest BCUT2D eigenvalue weighted by atomic mass is 16.7. The summed E-state index contributed by atoms with van der Waals surface area (Å²) in [5.74, 6) is -1.40. The van der Waals surface area contributed by atoms with Gasteiger partial charge < -0.3 is 51.6 Å². The van der Waals surface area contributed by atoms with Gasteiger partial charge in [0.1, 0.15) is 30.5 Å². The summed E-state index contributed by atoms with van der Waals surface area (Å²) in [6, 6.07) is -2.31. The lowest BCUT2D eigenvalue weighted by molar-refractivity contribution is -0.295. The molecule has 1 saturated carbocycles. The van der Waals surface area contributed by atoms with E-state index in [0.29, 0.717) is 0 Å². The molecule has 178 valence electrons. The number of ketones is 1. The minimum absolute atomic E-state index is 0.0484. The van der Waals surface area contributed by atoms with Crippen LogP contribution in [0.5, 0.6) is 0 Å². The largest absolute Gasteiger partial charge is 0.394 e. The maximum absolute atomic E-state index is 12.2. The Morgan fingerprint density at radius 3 is 2.48 bits per heavy atom. The lowest BCUT2D eigenvalue weighted by Gasteiger charge is -2.46. The highest BCUT2D eigenvalue weighted by Crippen LogP contribution is 2.34. The van der Waals surface area contributed by atoms with Crippen LogP contribution >= 0.6 is 0 Å². The summed E-state index contributed by atoms with van der Waals surface area (Å²) < 4.78 is 11.0. The molecule has 11 atom stereocenters.